The van der Waals surface area contributed by atoms with E-state index in [-0.39, 0.29) is 39.8 Å². The molecule has 4 rings (SSSR count). The van der Waals surface area contributed by atoms with Crippen molar-refractivity contribution in [2.75, 3.05) is 21.3 Å². The molecule has 8 nitrogen and oxygen atoms in total. The number of aromatic hydroxyl groups is 1. The fourth-order valence-electron chi connectivity index (χ4n) is 4.36. The van der Waals surface area contributed by atoms with Crippen molar-refractivity contribution in [1.29, 1.82) is 0 Å². The van der Waals surface area contributed by atoms with Gasteiger partial charge in [-0.25, -0.2) is 0 Å². The van der Waals surface area contributed by atoms with Crippen LogP contribution in [0, 0.1) is 6.92 Å². The maximum Gasteiger partial charge on any atom is 0.220 e. The minimum Gasteiger partial charge on any atom is -0.507 e. The number of hydrogen-bond acceptors (Lipinski definition) is 8. The topological polar surface area (TPSA) is 112 Å². The van der Waals surface area contributed by atoms with Crippen molar-refractivity contribution in [2.45, 2.75) is 33.1 Å². The van der Waals surface area contributed by atoms with Crippen LogP contribution in [0.25, 0.3) is 11.0 Å². The number of aryl methyl sites for hydroxylation is 1. The molecule has 0 saturated heterocycles. The predicted octanol–water partition coefficient (Wildman–Crippen LogP) is 5.90. The number of carbonyl (C=O) groups is 2. The lowest BCUT2D eigenvalue weighted by Gasteiger charge is -2.18. The van der Waals surface area contributed by atoms with Gasteiger partial charge in [0.05, 0.1) is 21.3 Å². The second kappa shape index (κ2) is 13.5. The van der Waals surface area contributed by atoms with Crippen LogP contribution >= 0.6 is 0 Å². The number of fused-ring (bicyclic) bond motifs is 1. The summed E-state index contributed by atoms with van der Waals surface area (Å²) in [5, 5.41) is 10.2. The minimum atomic E-state index is -0.345. The van der Waals surface area contributed by atoms with E-state index in [9.17, 15) is 19.5 Å². The summed E-state index contributed by atoms with van der Waals surface area (Å²) >= 11 is 0. The van der Waals surface area contributed by atoms with Gasteiger partial charge in [0.2, 0.25) is 5.78 Å². The van der Waals surface area contributed by atoms with Crippen molar-refractivity contribution in [2.24, 2.45) is 0 Å². The first-order valence-corrected chi connectivity index (χ1v) is 12.8. The van der Waals surface area contributed by atoms with Crippen LogP contribution in [0.5, 0.6) is 17.2 Å². The molecule has 1 N–H and O–H groups in total. The van der Waals surface area contributed by atoms with Gasteiger partial charge < -0.3 is 23.7 Å². The number of phenolic OH excluding ortho intramolecular Hbond substituents is 1. The normalized spacial score (nSPS) is 13.3. The monoisotopic (exact) mass is 558 g/mol. The Balaban J connectivity index is 0.000000226. The van der Waals surface area contributed by atoms with Gasteiger partial charge in [-0.3, -0.25) is 14.4 Å². The summed E-state index contributed by atoms with van der Waals surface area (Å²) < 4.78 is 20.9. The molecule has 1 unspecified atom stereocenters. The van der Waals surface area contributed by atoms with Crippen LogP contribution in [0.2, 0.25) is 0 Å². The number of methoxy groups -OCH3 is 3. The lowest BCUT2D eigenvalue weighted by Crippen LogP contribution is -2.18. The Labute approximate surface area is 238 Å². The van der Waals surface area contributed by atoms with E-state index in [1.165, 1.54) is 38.5 Å². The largest absolute Gasteiger partial charge is 0.507 e. The average molecular weight is 559 g/mol. The molecule has 8 heteroatoms. The second-order valence-corrected chi connectivity index (χ2v) is 9.51. The van der Waals surface area contributed by atoms with Crippen LogP contribution in [0.4, 0.5) is 0 Å². The molecule has 0 radical (unpaired) electrons. The third-order valence-corrected chi connectivity index (χ3v) is 6.44. The van der Waals surface area contributed by atoms with Gasteiger partial charge in [-0.15, -0.1) is 6.58 Å². The Hall–Kier alpha value is -4.85. The van der Waals surface area contributed by atoms with Crippen LogP contribution in [-0.2, 0) is 20.7 Å². The summed E-state index contributed by atoms with van der Waals surface area (Å²) in [5.41, 5.74) is 3.32. The van der Waals surface area contributed by atoms with E-state index in [2.05, 4.69) is 6.58 Å². The van der Waals surface area contributed by atoms with Gasteiger partial charge in [0.1, 0.15) is 34.0 Å². The summed E-state index contributed by atoms with van der Waals surface area (Å²) in [4.78, 5) is 36.0. The van der Waals surface area contributed by atoms with Gasteiger partial charge in [0.25, 0.3) is 0 Å². The lowest BCUT2D eigenvalue weighted by molar-refractivity contribution is -0.117. The Morgan fingerprint density at radius 1 is 0.976 bits per heavy atom. The highest BCUT2D eigenvalue weighted by molar-refractivity contribution is 6.19. The molecule has 214 valence electrons. The van der Waals surface area contributed by atoms with Gasteiger partial charge in [0.15, 0.2) is 17.0 Å². The summed E-state index contributed by atoms with van der Waals surface area (Å²) in [7, 11) is 4.48. The first-order valence-electron chi connectivity index (χ1n) is 12.8. The predicted molar refractivity (Wildman–Crippen MR) is 158 cm³/mol. The van der Waals surface area contributed by atoms with E-state index < -0.39 is 0 Å². The third kappa shape index (κ3) is 7.03. The number of ketones is 2. The minimum absolute atomic E-state index is 0.0568. The number of benzene rings is 2. The molecule has 0 amide bonds. The number of carbonyl (C=O) groups excluding carboxylic acids is 2. The molecule has 3 aromatic rings. The molecule has 0 spiro atoms. The SMILES string of the molecule is C=CC(C1=CC(=O)C(OC)=CC1=O)c1ccc(OC)cc1.COc1cc(O)c2c(=O)cc(C)oc2c1CC=C(C)C. The van der Waals surface area contributed by atoms with E-state index in [0.717, 1.165) is 22.4 Å². The number of allylic oxidation sites excluding steroid dienone is 6. The number of hydrogen-bond donors (Lipinski definition) is 1. The number of rotatable bonds is 8. The Kier molecular flexibility index (Phi) is 10.1. The van der Waals surface area contributed by atoms with Crippen molar-refractivity contribution >= 4 is 22.5 Å². The van der Waals surface area contributed by atoms with Gasteiger partial charge in [-0.05, 0) is 51.0 Å². The fourth-order valence-corrected chi connectivity index (χ4v) is 4.36. The summed E-state index contributed by atoms with van der Waals surface area (Å²) in [5.74, 6) is 0.785. The highest BCUT2D eigenvalue weighted by Gasteiger charge is 2.26. The highest BCUT2D eigenvalue weighted by Crippen LogP contribution is 2.35. The Morgan fingerprint density at radius 2 is 1.66 bits per heavy atom. The maximum atomic E-state index is 12.2. The molecule has 41 heavy (non-hydrogen) atoms. The van der Waals surface area contributed by atoms with Crippen LogP contribution in [0.15, 0.2) is 93.4 Å². The van der Waals surface area contributed by atoms with Gasteiger partial charge in [-0.1, -0.05) is 29.9 Å². The number of ether oxygens (including phenoxy) is 3. The Bertz CT molecular complexity index is 1610. The van der Waals surface area contributed by atoms with Crippen molar-refractivity contribution in [3.63, 3.8) is 0 Å². The highest BCUT2D eigenvalue weighted by atomic mass is 16.5. The number of phenols is 1. The van der Waals surface area contributed by atoms with E-state index in [4.69, 9.17) is 18.6 Å². The van der Waals surface area contributed by atoms with E-state index in [1.807, 2.05) is 32.1 Å². The molecule has 0 aliphatic heterocycles. The van der Waals surface area contributed by atoms with Crippen LogP contribution in [0.1, 0.15) is 36.7 Å². The molecular formula is C33H34O8. The standard InChI is InChI=1S/C17H16O4.C16H18O4/c1-4-13(11-5-7-12(20-2)8-6-11)14-9-16(19)17(21-3)10-15(14)18;1-9(2)5-6-11-14(19-4)8-13(18)15-12(17)7-10(3)20-16(11)15/h4-10,13H,1H2,2-3H3;5,7-8,18H,6H2,1-4H3. The quantitative estimate of drug-likeness (QED) is 0.269. The molecule has 1 heterocycles. The molecule has 2 aromatic carbocycles. The molecule has 1 aliphatic carbocycles. The van der Waals surface area contributed by atoms with Gasteiger partial charge in [0, 0.05) is 35.3 Å². The maximum absolute atomic E-state index is 12.2. The Morgan fingerprint density at radius 3 is 2.22 bits per heavy atom. The molecule has 1 aliphatic rings. The second-order valence-electron chi connectivity index (χ2n) is 9.51. The van der Waals surface area contributed by atoms with E-state index >= 15 is 0 Å². The van der Waals surface area contributed by atoms with Crippen molar-refractivity contribution in [3.05, 3.63) is 111 Å². The van der Waals surface area contributed by atoms with Gasteiger partial charge in [-0.2, -0.15) is 0 Å². The molecule has 0 saturated carbocycles. The summed E-state index contributed by atoms with van der Waals surface area (Å²) in [6.45, 7) is 9.47. The van der Waals surface area contributed by atoms with Gasteiger partial charge >= 0.3 is 0 Å². The molecule has 0 bridgehead atoms. The van der Waals surface area contributed by atoms with E-state index in [1.54, 1.807) is 32.2 Å². The average Bonchev–Trinajstić information content (AvgIpc) is 2.94. The third-order valence-electron chi connectivity index (χ3n) is 6.44. The molecule has 1 aromatic heterocycles. The van der Waals surface area contributed by atoms with Crippen molar-refractivity contribution < 1.29 is 33.3 Å². The van der Waals surface area contributed by atoms with E-state index in [0.29, 0.717) is 29.1 Å². The zero-order chi connectivity index (χ0) is 30.3. The van der Waals surface area contributed by atoms with Crippen LogP contribution in [-0.4, -0.2) is 38.0 Å². The smallest absolute Gasteiger partial charge is 0.220 e. The first-order chi connectivity index (χ1) is 19.5. The first kappa shape index (κ1) is 30.7. The van der Waals surface area contributed by atoms with Crippen molar-refractivity contribution in [3.8, 4) is 17.2 Å². The molecule has 1 atom stereocenters. The van der Waals surface area contributed by atoms with Crippen molar-refractivity contribution in [1.82, 2.24) is 0 Å². The fraction of sp³-hybridized carbons (Fsp3) is 0.242. The molecule has 0 fully saturated rings. The zero-order valence-corrected chi connectivity index (χ0v) is 24.1. The zero-order valence-electron chi connectivity index (χ0n) is 24.1. The van der Waals surface area contributed by atoms with Crippen LogP contribution in [0.3, 0.4) is 0 Å². The summed E-state index contributed by atoms with van der Waals surface area (Å²) in [6.07, 6.45) is 6.78. The summed E-state index contributed by atoms with van der Waals surface area (Å²) in [6, 6.07) is 10.1. The van der Waals surface area contributed by atoms with Crippen LogP contribution < -0.4 is 14.9 Å². The lowest BCUT2D eigenvalue weighted by atomic mass is 9.85. The molecular weight excluding hydrogens is 524 g/mol.